The summed E-state index contributed by atoms with van der Waals surface area (Å²) >= 11 is 3.34. The molecule has 0 radical (unpaired) electrons. The Morgan fingerprint density at radius 3 is 2.04 bits per heavy atom. The van der Waals surface area contributed by atoms with Gasteiger partial charge in [-0.3, -0.25) is 14.5 Å². The minimum Gasteiger partial charge on any atom is -0.279 e. The van der Waals surface area contributed by atoms with Crippen LogP contribution < -0.4 is 0 Å². The molecule has 1 unspecified atom stereocenters. The molecule has 3 saturated heterocycles. The number of piperidine rings is 1. The van der Waals surface area contributed by atoms with Crippen molar-refractivity contribution in [3.63, 3.8) is 0 Å². The SMILES string of the molecule is O=C1CCC(=O)N1C1C[C@H]2CC[C@@H](C1)N2S(=O)(=O)c1ccccc1Br. The first-order valence-corrected chi connectivity index (χ1v) is 10.8. The van der Waals surface area contributed by atoms with E-state index in [2.05, 4.69) is 15.9 Å². The van der Waals surface area contributed by atoms with Crippen LogP contribution >= 0.6 is 15.9 Å². The molecule has 4 rings (SSSR count). The Hall–Kier alpha value is -1.25. The maximum Gasteiger partial charge on any atom is 0.244 e. The van der Waals surface area contributed by atoms with E-state index in [4.69, 9.17) is 0 Å². The van der Waals surface area contributed by atoms with Gasteiger partial charge >= 0.3 is 0 Å². The number of hydrogen-bond donors (Lipinski definition) is 0. The van der Waals surface area contributed by atoms with Gasteiger partial charge in [0.1, 0.15) is 0 Å². The van der Waals surface area contributed by atoms with Crippen molar-refractivity contribution in [2.45, 2.75) is 61.5 Å². The van der Waals surface area contributed by atoms with E-state index in [1.165, 1.54) is 4.90 Å². The minimum absolute atomic E-state index is 0.114. The van der Waals surface area contributed by atoms with Crippen LogP contribution in [0.15, 0.2) is 33.6 Å². The van der Waals surface area contributed by atoms with E-state index < -0.39 is 10.0 Å². The molecule has 134 valence electrons. The second-order valence-electron chi connectivity index (χ2n) is 6.93. The number of carbonyl (C=O) groups excluding carboxylic acids is 2. The maximum absolute atomic E-state index is 13.2. The van der Waals surface area contributed by atoms with E-state index in [1.54, 1.807) is 28.6 Å². The summed E-state index contributed by atoms with van der Waals surface area (Å²) in [6, 6.07) is 6.37. The predicted octanol–water partition coefficient (Wildman–Crippen LogP) is 2.28. The van der Waals surface area contributed by atoms with Crippen molar-refractivity contribution in [3.05, 3.63) is 28.7 Å². The van der Waals surface area contributed by atoms with Gasteiger partial charge in [-0.2, -0.15) is 4.31 Å². The van der Waals surface area contributed by atoms with Crippen LogP contribution in [-0.2, 0) is 19.6 Å². The van der Waals surface area contributed by atoms with Gasteiger partial charge in [-0.05, 0) is 53.7 Å². The molecule has 1 aromatic carbocycles. The van der Waals surface area contributed by atoms with Gasteiger partial charge in [0, 0.05) is 35.4 Å². The molecule has 2 amide bonds. The van der Waals surface area contributed by atoms with Crippen molar-refractivity contribution in [2.24, 2.45) is 0 Å². The molecule has 2 bridgehead atoms. The van der Waals surface area contributed by atoms with Crippen LogP contribution in [0.2, 0.25) is 0 Å². The molecular formula is C17H19BrN2O4S. The number of hydrogen-bond acceptors (Lipinski definition) is 4. The van der Waals surface area contributed by atoms with Gasteiger partial charge in [-0.25, -0.2) is 8.42 Å². The molecule has 0 saturated carbocycles. The zero-order valence-electron chi connectivity index (χ0n) is 13.6. The van der Waals surface area contributed by atoms with Crippen LogP contribution in [0.1, 0.15) is 38.5 Å². The molecule has 0 aliphatic carbocycles. The van der Waals surface area contributed by atoms with Crippen molar-refractivity contribution >= 4 is 37.8 Å². The molecule has 3 atom stereocenters. The Morgan fingerprint density at radius 1 is 0.920 bits per heavy atom. The van der Waals surface area contributed by atoms with E-state index in [-0.39, 0.29) is 47.7 Å². The average molecular weight is 427 g/mol. The van der Waals surface area contributed by atoms with Gasteiger partial charge in [-0.15, -0.1) is 0 Å². The summed E-state index contributed by atoms with van der Waals surface area (Å²) < 4.78 is 28.5. The smallest absolute Gasteiger partial charge is 0.244 e. The highest BCUT2D eigenvalue weighted by Crippen LogP contribution is 2.42. The maximum atomic E-state index is 13.2. The van der Waals surface area contributed by atoms with E-state index in [0.29, 0.717) is 17.3 Å². The van der Waals surface area contributed by atoms with Crippen molar-refractivity contribution < 1.29 is 18.0 Å². The quantitative estimate of drug-likeness (QED) is 0.694. The minimum atomic E-state index is -3.60. The fourth-order valence-corrected chi connectivity index (χ4v) is 7.34. The number of likely N-dealkylation sites (tertiary alicyclic amines) is 1. The van der Waals surface area contributed by atoms with Crippen molar-refractivity contribution in [1.82, 2.24) is 9.21 Å². The van der Waals surface area contributed by atoms with E-state index in [0.717, 1.165) is 12.8 Å². The number of benzene rings is 1. The fourth-order valence-electron chi connectivity index (χ4n) is 4.48. The molecule has 25 heavy (non-hydrogen) atoms. The summed E-state index contributed by atoms with van der Waals surface area (Å²) in [4.78, 5) is 25.7. The fraction of sp³-hybridized carbons (Fsp3) is 0.529. The van der Waals surface area contributed by atoms with Gasteiger partial charge in [0.2, 0.25) is 21.8 Å². The standard InChI is InChI=1S/C17H19BrN2O4S/c18-14-3-1-2-4-15(14)25(23,24)20-11-5-6-12(20)10-13(9-11)19-16(21)7-8-17(19)22/h1-4,11-13H,5-10H2/t11-,12+,13?. The summed E-state index contributed by atoms with van der Waals surface area (Å²) in [5, 5.41) is 0. The Balaban J connectivity index is 1.62. The van der Waals surface area contributed by atoms with Gasteiger partial charge in [-0.1, -0.05) is 12.1 Å². The highest BCUT2D eigenvalue weighted by Gasteiger charge is 2.50. The number of rotatable bonds is 3. The molecule has 3 aliphatic heterocycles. The van der Waals surface area contributed by atoms with Gasteiger partial charge in [0.25, 0.3) is 0 Å². The largest absolute Gasteiger partial charge is 0.279 e. The second kappa shape index (κ2) is 6.17. The van der Waals surface area contributed by atoms with Gasteiger partial charge in [0.15, 0.2) is 0 Å². The zero-order chi connectivity index (χ0) is 17.8. The number of imide groups is 1. The highest BCUT2D eigenvalue weighted by atomic mass is 79.9. The van der Waals surface area contributed by atoms with E-state index in [1.807, 2.05) is 0 Å². The van der Waals surface area contributed by atoms with Crippen molar-refractivity contribution in [3.8, 4) is 0 Å². The average Bonchev–Trinajstić information content (AvgIpc) is 3.05. The first-order valence-electron chi connectivity index (χ1n) is 8.52. The van der Waals surface area contributed by atoms with Crippen LogP contribution in [-0.4, -0.2) is 47.6 Å². The molecule has 6 nitrogen and oxygen atoms in total. The number of amides is 2. The third kappa shape index (κ3) is 2.74. The number of nitrogens with zero attached hydrogens (tertiary/aromatic N) is 2. The molecule has 0 aromatic heterocycles. The normalized spacial score (nSPS) is 30.3. The Labute approximate surface area is 155 Å². The molecule has 3 heterocycles. The van der Waals surface area contributed by atoms with E-state index >= 15 is 0 Å². The summed E-state index contributed by atoms with van der Waals surface area (Å²) in [5.74, 6) is -0.229. The van der Waals surface area contributed by atoms with Gasteiger partial charge in [0.05, 0.1) is 4.90 Å². The lowest BCUT2D eigenvalue weighted by molar-refractivity contribution is -0.142. The van der Waals surface area contributed by atoms with Crippen LogP contribution in [0.25, 0.3) is 0 Å². The molecule has 0 spiro atoms. The summed E-state index contributed by atoms with van der Waals surface area (Å²) in [5.41, 5.74) is 0. The molecule has 8 heteroatoms. The topological polar surface area (TPSA) is 74.8 Å². The Bertz CT molecular complexity index is 811. The number of halogens is 1. The number of sulfonamides is 1. The predicted molar refractivity (Wildman–Crippen MR) is 94.1 cm³/mol. The lowest BCUT2D eigenvalue weighted by Gasteiger charge is -2.40. The van der Waals surface area contributed by atoms with Crippen LogP contribution in [0.5, 0.6) is 0 Å². The lowest BCUT2D eigenvalue weighted by atomic mass is 9.98. The van der Waals surface area contributed by atoms with Gasteiger partial charge < -0.3 is 0 Å². The first-order chi connectivity index (χ1) is 11.9. The summed E-state index contributed by atoms with van der Waals surface area (Å²) in [6.45, 7) is 0. The van der Waals surface area contributed by atoms with E-state index in [9.17, 15) is 18.0 Å². The Morgan fingerprint density at radius 2 is 1.48 bits per heavy atom. The highest BCUT2D eigenvalue weighted by molar-refractivity contribution is 9.10. The third-order valence-electron chi connectivity index (χ3n) is 5.49. The van der Waals surface area contributed by atoms with Crippen molar-refractivity contribution in [1.29, 1.82) is 0 Å². The molecule has 3 aliphatic rings. The molecular weight excluding hydrogens is 408 g/mol. The van der Waals surface area contributed by atoms with Crippen LogP contribution in [0.3, 0.4) is 0 Å². The monoisotopic (exact) mass is 426 g/mol. The lowest BCUT2D eigenvalue weighted by Crippen LogP contribution is -2.53. The molecule has 0 N–H and O–H groups in total. The summed E-state index contributed by atoms with van der Waals surface area (Å²) in [6.07, 6.45) is 3.20. The summed E-state index contributed by atoms with van der Waals surface area (Å²) in [7, 11) is -3.60. The third-order valence-corrected chi connectivity index (χ3v) is 8.51. The first kappa shape index (κ1) is 17.2. The van der Waals surface area contributed by atoms with Crippen LogP contribution in [0.4, 0.5) is 0 Å². The van der Waals surface area contributed by atoms with Crippen LogP contribution in [0, 0.1) is 0 Å². The van der Waals surface area contributed by atoms with Crippen molar-refractivity contribution in [2.75, 3.05) is 0 Å². The Kier molecular flexibility index (Phi) is 4.24. The molecule has 1 aromatic rings. The second-order valence-corrected chi connectivity index (χ2v) is 9.60. The zero-order valence-corrected chi connectivity index (χ0v) is 16.0. The molecule has 3 fully saturated rings. The number of fused-ring (bicyclic) bond motifs is 2. The number of carbonyl (C=O) groups is 2.